The molecular weight excluding hydrogens is 239 g/mol. The van der Waals surface area contributed by atoms with Crippen LogP contribution in [0, 0.1) is 5.82 Å². The Kier molecular flexibility index (Phi) is 2.53. The van der Waals surface area contributed by atoms with Crippen molar-refractivity contribution in [3.05, 3.63) is 58.0 Å². The summed E-state index contributed by atoms with van der Waals surface area (Å²) in [6.07, 6.45) is -0.241. The fraction of sp³-hybridized carbons (Fsp3) is 0.0833. The first-order valence-corrected chi connectivity index (χ1v) is 6.00. The highest BCUT2D eigenvalue weighted by Crippen LogP contribution is 2.24. The Morgan fingerprint density at radius 1 is 1.24 bits per heavy atom. The van der Waals surface area contributed by atoms with E-state index in [1.54, 1.807) is 23.5 Å². The zero-order valence-corrected chi connectivity index (χ0v) is 9.58. The molecule has 17 heavy (non-hydrogen) atoms. The Morgan fingerprint density at radius 3 is 2.76 bits per heavy atom. The van der Waals surface area contributed by atoms with Crippen LogP contribution in [-0.4, -0.2) is 5.84 Å². The van der Waals surface area contributed by atoms with E-state index in [0.717, 1.165) is 10.4 Å². The van der Waals surface area contributed by atoms with Gasteiger partial charge in [0.15, 0.2) is 5.84 Å². The number of nitrogens with zero attached hydrogens (tertiary/aromatic N) is 1. The smallest absolute Gasteiger partial charge is 0.234 e. The van der Waals surface area contributed by atoms with Crippen molar-refractivity contribution < 1.29 is 9.23 Å². The van der Waals surface area contributed by atoms with E-state index in [9.17, 15) is 4.39 Å². The SMILES string of the molecule is Fc1ccc(C2=NOC(c3cccs3)N2)cc1. The van der Waals surface area contributed by atoms with Gasteiger partial charge in [-0.15, -0.1) is 11.3 Å². The summed E-state index contributed by atoms with van der Waals surface area (Å²) in [5.74, 6) is 0.367. The molecule has 1 aromatic carbocycles. The molecule has 0 saturated heterocycles. The molecule has 0 amide bonds. The second-order valence-corrected chi connectivity index (χ2v) is 4.57. The van der Waals surface area contributed by atoms with Crippen molar-refractivity contribution in [3.63, 3.8) is 0 Å². The van der Waals surface area contributed by atoms with E-state index in [2.05, 4.69) is 10.5 Å². The van der Waals surface area contributed by atoms with Gasteiger partial charge in [-0.3, -0.25) is 0 Å². The lowest BCUT2D eigenvalue weighted by molar-refractivity contribution is 0.0756. The maximum absolute atomic E-state index is 12.8. The topological polar surface area (TPSA) is 33.6 Å². The van der Waals surface area contributed by atoms with E-state index < -0.39 is 0 Å². The third kappa shape index (κ3) is 2.01. The van der Waals surface area contributed by atoms with Crippen LogP contribution in [0.25, 0.3) is 0 Å². The van der Waals surface area contributed by atoms with E-state index in [1.165, 1.54) is 12.1 Å². The summed E-state index contributed by atoms with van der Waals surface area (Å²) in [6, 6.07) is 10.1. The van der Waals surface area contributed by atoms with Crippen molar-refractivity contribution >= 4 is 17.2 Å². The van der Waals surface area contributed by atoms with Crippen molar-refractivity contribution in [2.75, 3.05) is 0 Å². The summed E-state index contributed by atoms with van der Waals surface area (Å²) in [5, 5.41) is 9.09. The summed E-state index contributed by atoms with van der Waals surface area (Å²) in [5.41, 5.74) is 0.811. The Morgan fingerprint density at radius 2 is 2.06 bits per heavy atom. The van der Waals surface area contributed by atoms with Gasteiger partial charge in [-0.25, -0.2) is 4.39 Å². The molecule has 1 aliphatic rings. The maximum Gasteiger partial charge on any atom is 0.234 e. The molecule has 5 heteroatoms. The van der Waals surface area contributed by atoms with Gasteiger partial charge in [0, 0.05) is 5.56 Å². The van der Waals surface area contributed by atoms with Crippen LogP contribution in [-0.2, 0) is 4.84 Å². The van der Waals surface area contributed by atoms with Crippen LogP contribution < -0.4 is 5.32 Å². The van der Waals surface area contributed by atoms with Crippen LogP contribution in [0.3, 0.4) is 0 Å². The van der Waals surface area contributed by atoms with Crippen LogP contribution in [0.2, 0.25) is 0 Å². The zero-order valence-electron chi connectivity index (χ0n) is 8.76. The van der Waals surface area contributed by atoms with Gasteiger partial charge in [-0.05, 0) is 35.7 Å². The first-order valence-electron chi connectivity index (χ1n) is 5.12. The van der Waals surface area contributed by atoms with Gasteiger partial charge >= 0.3 is 0 Å². The molecule has 3 rings (SSSR count). The first kappa shape index (κ1) is 10.3. The average molecular weight is 248 g/mol. The summed E-state index contributed by atoms with van der Waals surface area (Å²) in [6.45, 7) is 0. The molecule has 0 saturated carbocycles. The number of halogens is 1. The van der Waals surface area contributed by atoms with Crippen molar-refractivity contribution in [1.29, 1.82) is 0 Å². The predicted octanol–water partition coefficient (Wildman–Crippen LogP) is 2.87. The second kappa shape index (κ2) is 4.18. The lowest BCUT2D eigenvalue weighted by atomic mass is 10.2. The largest absolute Gasteiger partial charge is 0.363 e. The molecule has 1 unspecified atom stereocenters. The predicted molar refractivity (Wildman–Crippen MR) is 64.2 cm³/mol. The van der Waals surface area contributed by atoms with Gasteiger partial charge in [0.05, 0.1) is 4.88 Å². The number of benzene rings is 1. The molecule has 1 N–H and O–H groups in total. The second-order valence-electron chi connectivity index (χ2n) is 3.59. The minimum atomic E-state index is -0.261. The molecule has 0 radical (unpaired) electrons. The molecule has 1 aromatic heterocycles. The van der Waals surface area contributed by atoms with Gasteiger partial charge in [-0.1, -0.05) is 11.2 Å². The fourth-order valence-corrected chi connectivity index (χ4v) is 2.29. The normalized spacial score (nSPS) is 18.4. The molecular formula is C12H9FN2OS. The van der Waals surface area contributed by atoms with Crippen LogP contribution in [0.4, 0.5) is 4.39 Å². The minimum Gasteiger partial charge on any atom is -0.363 e. The van der Waals surface area contributed by atoms with Crippen molar-refractivity contribution in [2.24, 2.45) is 5.16 Å². The molecule has 0 bridgehead atoms. The maximum atomic E-state index is 12.8. The molecule has 1 aliphatic heterocycles. The number of oxime groups is 1. The summed E-state index contributed by atoms with van der Waals surface area (Å²) < 4.78 is 12.8. The summed E-state index contributed by atoms with van der Waals surface area (Å²) in [7, 11) is 0. The number of hydrogen-bond donors (Lipinski definition) is 1. The van der Waals surface area contributed by atoms with E-state index in [1.807, 2.05) is 17.5 Å². The number of amidine groups is 1. The molecule has 0 aliphatic carbocycles. The van der Waals surface area contributed by atoms with Crippen molar-refractivity contribution in [1.82, 2.24) is 5.32 Å². The lowest BCUT2D eigenvalue weighted by Crippen LogP contribution is -2.22. The van der Waals surface area contributed by atoms with Crippen LogP contribution in [0.5, 0.6) is 0 Å². The highest BCUT2D eigenvalue weighted by atomic mass is 32.1. The minimum absolute atomic E-state index is 0.241. The summed E-state index contributed by atoms with van der Waals surface area (Å²) in [4.78, 5) is 6.35. The van der Waals surface area contributed by atoms with Gasteiger partial charge in [-0.2, -0.15) is 0 Å². The van der Waals surface area contributed by atoms with Gasteiger partial charge in [0.1, 0.15) is 5.82 Å². The molecule has 1 atom stereocenters. The van der Waals surface area contributed by atoms with Gasteiger partial charge < -0.3 is 10.2 Å². The Labute approximate surface area is 102 Å². The molecule has 0 spiro atoms. The standard InChI is InChI=1S/C12H9FN2OS/c13-9-5-3-8(4-6-9)11-14-12(16-15-11)10-2-1-7-17-10/h1-7,12H,(H,14,15). The monoisotopic (exact) mass is 248 g/mol. The Balaban J connectivity index is 1.77. The molecule has 3 nitrogen and oxygen atoms in total. The quantitative estimate of drug-likeness (QED) is 0.886. The number of rotatable bonds is 2. The van der Waals surface area contributed by atoms with Crippen molar-refractivity contribution in [3.8, 4) is 0 Å². The van der Waals surface area contributed by atoms with Crippen molar-refractivity contribution in [2.45, 2.75) is 6.23 Å². The molecule has 86 valence electrons. The van der Waals surface area contributed by atoms with E-state index >= 15 is 0 Å². The number of hydrogen-bond acceptors (Lipinski definition) is 4. The first-order chi connectivity index (χ1) is 8.33. The highest BCUT2D eigenvalue weighted by molar-refractivity contribution is 7.10. The summed E-state index contributed by atoms with van der Waals surface area (Å²) >= 11 is 1.60. The molecule has 0 fully saturated rings. The van der Waals surface area contributed by atoms with Gasteiger partial charge in [0.25, 0.3) is 0 Å². The Hall–Kier alpha value is -1.88. The third-order valence-corrected chi connectivity index (χ3v) is 3.35. The fourth-order valence-electron chi connectivity index (χ4n) is 1.59. The lowest BCUT2D eigenvalue weighted by Gasteiger charge is -2.07. The molecule has 2 heterocycles. The van der Waals surface area contributed by atoms with Crippen LogP contribution >= 0.6 is 11.3 Å². The number of nitrogens with one attached hydrogen (secondary N) is 1. The number of thiophene rings is 1. The van der Waals surface area contributed by atoms with Crippen LogP contribution in [0.15, 0.2) is 46.9 Å². The van der Waals surface area contributed by atoms with E-state index in [0.29, 0.717) is 5.84 Å². The van der Waals surface area contributed by atoms with E-state index in [4.69, 9.17) is 4.84 Å². The van der Waals surface area contributed by atoms with E-state index in [-0.39, 0.29) is 12.0 Å². The van der Waals surface area contributed by atoms with Gasteiger partial charge in [0.2, 0.25) is 6.23 Å². The van der Waals surface area contributed by atoms with Crippen LogP contribution in [0.1, 0.15) is 16.7 Å². The Bertz CT molecular complexity index is 536. The molecule has 2 aromatic rings. The average Bonchev–Trinajstić information content (AvgIpc) is 3.00. The third-order valence-electron chi connectivity index (χ3n) is 2.44. The zero-order chi connectivity index (χ0) is 11.7. The highest BCUT2D eigenvalue weighted by Gasteiger charge is 2.22.